The molecule has 20 heavy (non-hydrogen) atoms. The largest absolute Gasteiger partial charge is 0.281 e. The highest BCUT2D eigenvalue weighted by Gasteiger charge is 2.55. The van der Waals surface area contributed by atoms with Gasteiger partial charge in [-0.3, -0.25) is 4.79 Å². The molecule has 7 heteroatoms. The highest BCUT2D eigenvalue weighted by molar-refractivity contribution is 7.90. The molecule has 2 aliphatic carbocycles. The van der Waals surface area contributed by atoms with Gasteiger partial charge in [-0.25, -0.2) is 9.71 Å². The summed E-state index contributed by atoms with van der Waals surface area (Å²) in [5, 5.41) is 0.169. The van der Waals surface area contributed by atoms with Gasteiger partial charge in [0.15, 0.2) is 5.03 Å². The first-order valence-corrected chi connectivity index (χ1v) is 8.53. The predicted molar refractivity (Wildman–Crippen MR) is 73.5 cm³/mol. The van der Waals surface area contributed by atoms with Crippen molar-refractivity contribution in [1.82, 2.24) is 9.71 Å². The number of rotatable bonds is 3. The number of hydrogen-bond acceptors (Lipinski definition) is 4. The predicted octanol–water partition coefficient (Wildman–Crippen LogP) is 1.98. The number of pyridine rings is 1. The van der Waals surface area contributed by atoms with Gasteiger partial charge in [0.1, 0.15) is 0 Å². The molecule has 0 unspecified atom stereocenters. The van der Waals surface area contributed by atoms with E-state index in [1.54, 1.807) is 0 Å². The van der Waals surface area contributed by atoms with Crippen LogP contribution in [0.3, 0.4) is 0 Å². The molecule has 3 rings (SSSR count). The summed E-state index contributed by atoms with van der Waals surface area (Å²) in [5.74, 6) is 0.215. The minimum atomic E-state index is -3.89. The molecule has 1 aromatic rings. The summed E-state index contributed by atoms with van der Waals surface area (Å²) in [5.41, 5.74) is 0. The van der Waals surface area contributed by atoms with Crippen LogP contribution in [0.2, 0.25) is 5.02 Å². The first-order valence-electron chi connectivity index (χ1n) is 6.67. The fourth-order valence-corrected chi connectivity index (χ4v) is 4.21. The van der Waals surface area contributed by atoms with Crippen molar-refractivity contribution in [3.8, 4) is 0 Å². The van der Waals surface area contributed by atoms with Crippen LogP contribution in [0.4, 0.5) is 0 Å². The molecule has 0 aromatic carbocycles. The third kappa shape index (κ3) is 2.54. The molecule has 5 nitrogen and oxygen atoms in total. The van der Waals surface area contributed by atoms with Crippen LogP contribution in [-0.4, -0.2) is 19.3 Å². The van der Waals surface area contributed by atoms with Gasteiger partial charge in [0.05, 0.1) is 5.02 Å². The second-order valence-corrected chi connectivity index (χ2v) is 7.49. The Labute approximate surface area is 122 Å². The van der Waals surface area contributed by atoms with E-state index in [2.05, 4.69) is 9.71 Å². The van der Waals surface area contributed by atoms with Crippen molar-refractivity contribution in [3.05, 3.63) is 23.4 Å². The lowest BCUT2D eigenvalue weighted by Gasteiger charge is -2.05. The monoisotopic (exact) mass is 314 g/mol. The van der Waals surface area contributed by atoms with Crippen LogP contribution in [0, 0.1) is 17.8 Å². The van der Waals surface area contributed by atoms with E-state index in [4.69, 9.17) is 11.6 Å². The Morgan fingerprint density at radius 3 is 2.45 bits per heavy atom. The molecule has 1 aromatic heterocycles. The zero-order valence-electron chi connectivity index (χ0n) is 10.8. The number of fused-ring (bicyclic) bond motifs is 1. The molecule has 0 saturated heterocycles. The van der Waals surface area contributed by atoms with Gasteiger partial charge in [0.25, 0.3) is 10.0 Å². The number of hydrogen-bond donors (Lipinski definition) is 1. The minimum absolute atomic E-state index is 0.139. The van der Waals surface area contributed by atoms with E-state index in [1.165, 1.54) is 18.3 Å². The summed E-state index contributed by atoms with van der Waals surface area (Å²) in [6, 6.07) is 2.72. The Bertz CT molecular complexity index is 618. The van der Waals surface area contributed by atoms with Gasteiger partial charge in [-0.2, -0.15) is 8.42 Å². The third-order valence-corrected chi connectivity index (χ3v) is 5.66. The zero-order chi connectivity index (χ0) is 14.3. The maximum atomic E-state index is 12.1. The van der Waals surface area contributed by atoms with Crippen molar-refractivity contribution in [2.45, 2.75) is 30.7 Å². The molecule has 2 fully saturated rings. The van der Waals surface area contributed by atoms with Crippen LogP contribution < -0.4 is 4.72 Å². The van der Waals surface area contributed by atoms with Crippen molar-refractivity contribution in [3.63, 3.8) is 0 Å². The number of amides is 1. The van der Waals surface area contributed by atoms with E-state index in [9.17, 15) is 13.2 Å². The summed E-state index contributed by atoms with van der Waals surface area (Å²) < 4.78 is 26.2. The third-order valence-electron chi connectivity index (χ3n) is 4.17. The van der Waals surface area contributed by atoms with Crippen molar-refractivity contribution >= 4 is 27.5 Å². The van der Waals surface area contributed by atoms with Crippen LogP contribution in [0.15, 0.2) is 23.4 Å². The Balaban J connectivity index is 1.70. The number of carbonyl (C=O) groups is 1. The van der Waals surface area contributed by atoms with Gasteiger partial charge in [-0.1, -0.05) is 24.4 Å². The molecule has 1 amide bonds. The lowest BCUT2D eigenvalue weighted by molar-refractivity contribution is -0.121. The average Bonchev–Trinajstić information content (AvgIpc) is 3.13. The number of halogens is 1. The Morgan fingerprint density at radius 1 is 1.25 bits per heavy atom. The topological polar surface area (TPSA) is 76.1 Å². The molecule has 0 spiro atoms. The Kier molecular flexibility index (Phi) is 3.46. The lowest BCUT2D eigenvalue weighted by atomic mass is 10.0. The second kappa shape index (κ2) is 5.00. The molecule has 1 heterocycles. The number of aromatic nitrogens is 1. The lowest BCUT2D eigenvalue weighted by Crippen LogP contribution is -2.33. The summed E-state index contributed by atoms with van der Waals surface area (Å²) in [6.45, 7) is 0. The standard InChI is InChI=1S/C13H15ClN2O3S/c14-8-5-6-11(15-7-8)20(18,19)16-13(17)12-9-3-1-2-4-10(9)12/h5-7,9-10,12H,1-4H2,(H,16,17)/t9-,10-/m1/s1. The molecule has 2 aliphatic rings. The van der Waals surface area contributed by atoms with Gasteiger partial charge in [-0.15, -0.1) is 0 Å². The van der Waals surface area contributed by atoms with E-state index < -0.39 is 15.9 Å². The second-order valence-electron chi connectivity index (χ2n) is 5.42. The highest BCUT2D eigenvalue weighted by atomic mass is 35.5. The number of carbonyl (C=O) groups excluding carboxylic acids is 1. The molecular formula is C13H15ClN2O3S. The first-order chi connectivity index (χ1) is 9.49. The van der Waals surface area contributed by atoms with Crippen LogP contribution in [0.1, 0.15) is 25.7 Å². The molecule has 0 aliphatic heterocycles. The summed E-state index contributed by atoms with van der Waals surface area (Å²) in [6.07, 6.45) is 5.58. The highest BCUT2D eigenvalue weighted by Crippen LogP contribution is 2.55. The maximum absolute atomic E-state index is 12.1. The molecule has 0 bridgehead atoms. The zero-order valence-corrected chi connectivity index (χ0v) is 12.3. The Hall–Kier alpha value is -1.14. The summed E-state index contributed by atoms with van der Waals surface area (Å²) >= 11 is 5.67. The molecule has 108 valence electrons. The average molecular weight is 315 g/mol. The fourth-order valence-electron chi connectivity index (χ4n) is 3.16. The van der Waals surface area contributed by atoms with E-state index in [1.807, 2.05) is 0 Å². The van der Waals surface area contributed by atoms with Gasteiger partial charge < -0.3 is 0 Å². The summed E-state index contributed by atoms with van der Waals surface area (Å²) in [7, 11) is -3.89. The molecule has 2 saturated carbocycles. The molecule has 1 N–H and O–H groups in total. The summed E-state index contributed by atoms with van der Waals surface area (Å²) in [4.78, 5) is 15.8. The van der Waals surface area contributed by atoms with Gasteiger partial charge in [0.2, 0.25) is 5.91 Å². The quantitative estimate of drug-likeness (QED) is 0.925. The van der Waals surface area contributed by atoms with E-state index in [0.717, 1.165) is 25.7 Å². The number of nitrogens with one attached hydrogen (secondary N) is 1. The smallest absolute Gasteiger partial charge is 0.274 e. The van der Waals surface area contributed by atoms with Crippen LogP contribution in [0.25, 0.3) is 0 Å². The van der Waals surface area contributed by atoms with Gasteiger partial charge in [-0.05, 0) is 36.8 Å². The molecule has 0 radical (unpaired) electrons. The number of sulfonamides is 1. The first kappa shape index (κ1) is 13.8. The van der Waals surface area contributed by atoms with Gasteiger partial charge in [0, 0.05) is 12.1 Å². The van der Waals surface area contributed by atoms with Crippen LogP contribution >= 0.6 is 11.6 Å². The van der Waals surface area contributed by atoms with Crippen molar-refractivity contribution in [1.29, 1.82) is 0 Å². The van der Waals surface area contributed by atoms with E-state index in [0.29, 0.717) is 16.9 Å². The van der Waals surface area contributed by atoms with E-state index in [-0.39, 0.29) is 10.9 Å². The van der Waals surface area contributed by atoms with Crippen LogP contribution in [-0.2, 0) is 14.8 Å². The Morgan fingerprint density at radius 2 is 1.90 bits per heavy atom. The van der Waals surface area contributed by atoms with Crippen molar-refractivity contribution in [2.75, 3.05) is 0 Å². The number of nitrogens with zero attached hydrogens (tertiary/aromatic N) is 1. The fraction of sp³-hybridized carbons (Fsp3) is 0.538. The van der Waals surface area contributed by atoms with Crippen LogP contribution in [0.5, 0.6) is 0 Å². The van der Waals surface area contributed by atoms with Crippen molar-refractivity contribution in [2.24, 2.45) is 17.8 Å². The molecular weight excluding hydrogens is 300 g/mol. The van der Waals surface area contributed by atoms with Crippen molar-refractivity contribution < 1.29 is 13.2 Å². The normalized spacial score (nSPS) is 28.6. The maximum Gasteiger partial charge on any atom is 0.281 e. The SMILES string of the molecule is O=C(NS(=O)(=O)c1ccc(Cl)cn1)C1[C@@H]2CCCC[C@@H]12. The minimum Gasteiger partial charge on any atom is -0.274 e. The molecule has 2 atom stereocenters. The van der Waals surface area contributed by atoms with Gasteiger partial charge >= 0.3 is 0 Å². The van der Waals surface area contributed by atoms with E-state index >= 15 is 0 Å².